The van der Waals surface area contributed by atoms with E-state index in [2.05, 4.69) is 20.8 Å². The van der Waals surface area contributed by atoms with Crippen LogP contribution < -0.4 is 5.32 Å². The first-order chi connectivity index (χ1) is 14.4. The lowest BCUT2D eigenvalue weighted by molar-refractivity contribution is -0.120. The predicted molar refractivity (Wildman–Crippen MR) is 106 cm³/mol. The van der Waals surface area contributed by atoms with Gasteiger partial charge in [-0.15, -0.1) is 5.10 Å². The van der Waals surface area contributed by atoms with Crippen LogP contribution in [0.3, 0.4) is 0 Å². The van der Waals surface area contributed by atoms with Crippen molar-refractivity contribution in [3.05, 3.63) is 60.7 Å². The number of nitrogens with zero attached hydrogens (tertiary/aromatic N) is 5. The van der Waals surface area contributed by atoms with Crippen LogP contribution in [0.25, 0.3) is 5.69 Å². The summed E-state index contributed by atoms with van der Waals surface area (Å²) in [5.41, 5.74) is 1.34. The van der Waals surface area contributed by atoms with E-state index in [1.807, 2.05) is 0 Å². The Bertz CT molecular complexity index is 1120. The van der Waals surface area contributed by atoms with Gasteiger partial charge >= 0.3 is 0 Å². The van der Waals surface area contributed by atoms with Gasteiger partial charge in [0, 0.05) is 18.8 Å². The number of piperidine rings is 1. The molecule has 30 heavy (non-hydrogen) atoms. The summed E-state index contributed by atoms with van der Waals surface area (Å²) in [6.45, 7) is 0.401. The highest BCUT2D eigenvalue weighted by Crippen LogP contribution is 2.25. The zero-order chi connectivity index (χ0) is 21.1. The largest absolute Gasteiger partial charge is 0.326 e. The van der Waals surface area contributed by atoms with Crippen LogP contribution in [-0.2, 0) is 14.8 Å². The lowest BCUT2D eigenvalue weighted by Crippen LogP contribution is -2.43. The molecule has 1 N–H and O–H groups in total. The summed E-state index contributed by atoms with van der Waals surface area (Å²) < 4.78 is 41.6. The Balaban J connectivity index is 1.42. The lowest BCUT2D eigenvalue weighted by atomic mass is 9.98. The number of amides is 1. The molecule has 156 valence electrons. The molecular formula is C19H19FN6O3S. The van der Waals surface area contributed by atoms with Gasteiger partial charge < -0.3 is 5.32 Å². The van der Waals surface area contributed by atoms with Crippen molar-refractivity contribution < 1.29 is 17.6 Å². The standard InChI is InChI=1S/C19H19FN6O3S/c20-15-3-9-18(10-4-15)30(28,29)25-11-1-2-14(12-25)19(27)22-16-5-7-17(8-6-16)26-13-21-23-24-26/h3-10,13-14H,1-2,11-12H2,(H,22,27). The number of anilines is 1. The summed E-state index contributed by atoms with van der Waals surface area (Å²) >= 11 is 0. The minimum Gasteiger partial charge on any atom is -0.326 e. The molecule has 0 spiro atoms. The molecular weight excluding hydrogens is 411 g/mol. The highest BCUT2D eigenvalue weighted by molar-refractivity contribution is 7.89. The van der Waals surface area contributed by atoms with Crippen molar-refractivity contribution in [3.8, 4) is 5.69 Å². The molecule has 11 heteroatoms. The molecule has 0 saturated carbocycles. The second kappa shape index (κ2) is 8.28. The fraction of sp³-hybridized carbons (Fsp3) is 0.263. The normalized spacial score (nSPS) is 17.6. The van der Waals surface area contributed by atoms with E-state index < -0.39 is 21.8 Å². The molecule has 1 aromatic heterocycles. The minimum absolute atomic E-state index is 0.0168. The number of carbonyl (C=O) groups excluding carboxylic acids is 1. The van der Waals surface area contributed by atoms with Crippen molar-refractivity contribution in [2.45, 2.75) is 17.7 Å². The first kappa shape index (κ1) is 20.1. The van der Waals surface area contributed by atoms with E-state index in [1.54, 1.807) is 24.3 Å². The van der Waals surface area contributed by atoms with Crippen LogP contribution in [0.5, 0.6) is 0 Å². The molecule has 1 unspecified atom stereocenters. The number of nitrogens with one attached hydrogen (secondary N) is 1. The maximum absolute atomic E-state index is 13.1. The average molecular weight is 430 g/mol. The van der Waals surface area contributed by atoms with Gasteiger partial charge in [0.25, 0.3) is 0 Å². The van der Waals surface area contributed by atoms with Gasteiger partial charge in [-0.3, -0.25) is 4.79 Å². The summed E-state index contributed by atoms with van der Waals surface area (Å²) in [6, 6.07) is 11.7. The van der Waals surface area contributed by atoms with Crippen molar-refractivity contribution in [1.82, 2.24) is 24.5 Å². The van der Waals surface area contributed by atoms with Gasteiger partial charge in [0.2, 0.25) is 15.9 Å². The summed E-state index contributed by atoms with van der Waals surface area (Å²) in [5.74, 6) is -1.23. The van der Waals surface area contributed by atoms with E-state index in [0.29, 0.717) is 25.1 Å². The quantitative estimate of drug-likeness (QED) is 0.661. The zero-order valence-electron chi connectivity index (χ0n) is 15.8. The number of hydrogen-bond donors (Lipinski definition) is 1. The van der Waals surface area contributed by atoms with Gasteiger partial charge in [0.05, 0.1) is 16.5 Å². The van der Waals surface area contributed by atoms with Gasteiger partial charge in [-0.1, -0.05) is 0 Å². The third-order valence-corrected chi connectivity index (χ3v) is 6.83. The average Bonchev–Trinajstić information content (AvgIpc) is 3.30. The van der Waals surface area contributed by atoms with Crippen molar-refractivity contribution in [2.24, 2.45) is 5.92 Å². The molecule has 4 rings (SSSR count). The fourth-order valence-corrected chi connectivity index (χ4v) is 4.88. The van der Waals surface area contributed by atoms with E-state index >= 15 is 0 Å². The molecule has 0 bridgehead atoms. The highest BCUT2D eigenvalue weighted by Gasteiger charge is 2.33. The van der Waals surface area contributed by atoms with E-state index in [4.69, 9.17) is 0 Å². The number of sulfonamides is 1. The minimum atomic E-state index is -3.78. The molecule has 1 amide bonds. The molecule has 0 radical (unpaired) electrons. The van der Waals surface area contributed by atoms with E-state index in [-0.39, 0.29) is 17.3 Å². The first-order valence-corrected chi connectivity index (χ1v) is 10.8. The number of aromatic nitrogens is 4. The van der Waals surface area contributed by atoms with Crippen LogP contribution in [0.4, 0.5) is 10.1 Å². The summed E-state index contributed by atoms with van der Waals surface area (Å²) in [5, 5.41) is 13.8. The molecule has 2 heterocycles. The molecule has 1 fully saturated rings. The second-order valence-corrected chi connectivity index (χ2v) is 8.88. The van der Waals surface area contributed by atoms with E-state index in [1.165, 1.54) is 27.4 Å². The number of tetrazole rings is 1. The van der Waals surface area contributed by atoms with Crippen LogP contribution in [0.2, 0.25) is 0 Å². The molecule has 2 aromatic carbocycles. The monoisotopic (exact) mass is 430 g/mol. The maximum Gasteiger partial charge on any atom is 0.243 e. The zero-order valence-corrected chi connectivity index (χ0v) is 16.7. The summed E-state index contributed by atoms with van der Waals surface area (Å²) in [4.78, 5) is 12.7. The van der Waals surface area contributed by atoms with Crippen LogP contribution in [-0.4, -0.2) is 51.9 Å². The molecule has 1 saturated heterocycles. The van der Waals surface area contributed by atoms with Crippen LogP contribution in [0.1, 0.15) is 12.8 Å². The number of rotatable bonds is 5. The molecule has 0 aliphatic carbocycles. The smallest absolute Gasteiger partial charge is 0.243 e. The van der Waals surface area contributed by atoms with Crippen LogP contribution in [0, 0.1) is 11.7 Å². The number of hydrogen-bond acceptors (Lipinski definition) is 6. The Kier molecular flexibility index (Phi) is 5.55. The summed E-state index contributed by atoms with van der Waals surface area (Å²) in [7, 11) is -3.78. The SMILES string of the molecule is O=C(Nc1ccc(-n2cnnn2)cc1)C1CCCN(S(=O)(=O)c2ccc(F)cc2)C1. The van der Waals surface area contributed by atoms with Gasteiger partial charge in [-0.2, -0.15) is 4.31 Å². The van der Waals surface area contributed by atoms with E-state index in [0.717, 1.165) is 17.8 Å². The van der Waals surface area contributed by atoms with Crippen molar-refractivity contribution in [2.75, 3.05) is 18.4 Å². The molecule has 1 atom stereocenters. The Morgan fingerprint density at radius 3 is 2.50 bits per heavy atom. The van der Waals surface area contributed by atoms with Crippen LogP contribution in [0.15, 0.2) is 59.8 Å². The van der Waals surface area contributed by atoms with Gasteiger partial charge in [0.1, 0.15) is 12.1 Å². The second-order valence-electron chi connectivity index (χ2n) is 6.95. The summed E-state index contributed by atoms with van der Waals surface area (Å²) in [6.07, 6.45) is 2.62. The third kappa shape index (κ3) is 4.21. The van der Waals surface area contributed by atoms with Crippen molar-refractivity contribution >= 4 is 21.6 Å². The van der Waals surface area contributed by atoms with Gasteiger partial charge in [-0.25, -0.2) is 17.5 Å². The van der Waals surface area contributed by atoms with Gasteiger partial charge in [-0.05, 0) is 71.8 Å². The molecule has 3 aromatic rings. The molecule has 1 aliphatic rings. The Labute approximate surface area is 172 Å². The maximum atomic E-state index is 13.1. The lowest BCUT2D eigenvalue weighted by Gasteiger charge is -2.31. The first-order valence-electron chi connectivity index (χ1n) is 9.33. The molecule has 9 nitrogen and oxygen atoms in total. The van der Waals surface area contributed by atoms with E-state index in [9.17, 15) is 17.6 Å². The Morgan fingerprint density at radius 1 is 1.10 bits per heavy atom. The fourth-order valence-electron chi connectivity index (χ4n) is 3.35. The number of halogens is 1. The van der Waals surface area contributed by atoms with Crippen LogP contribution >= 0.6 is 0 Å². The number of carbonyl (C=O) groups is 1. The Hall–Kier alpha value is -3.18. The van der Waals surface area contributed by atoms with Gasteiger partial charge in [0.15, 0.2) is 0 Å². The predicted octanol–water partition coefficient (Wildman–Crippen LogP) is 1.84. The molecule has 1 aliphatic heterocycles. The third-order valence-electron chi connectivity index (χ3n) is 4.95. The van der Waals surface area contributed by atoms with Crippen molar-refractivity contribution in [3.63, 3.8) is 0 Å². The number of benzene rings is 2. The topological polar surface area (TPSA) is 110 Å². The highest BCUT2D eigenvalue weighted by atomic mass is 32.2. The Morgan fingerprint density at radius 2 is 1.83 bits per heavy atom. The van der Waals surface area contributed by atoms with Crippen molar-refractivity contribution in [1.29, 1.82) is 0 Å².